The van der Waals surface area contributed by atoms with Gasteiger partial charge in [0.1, 0.15) is 0 Å². The third-order valence-corrected chi connectivity index (χ3v) is 2.18. The van der Waals surface area contributed by atoms with Crippen molar-refractivity contribution in [3.63, 3.8) is 0 Å². The maximum Gasteiger partial charge on any atom is 0.417 e. The second-order valence-electron chi connectivity index (χ2n) is 3.24. The van der Waals surface area contributed by atoms with Crippen molar-refractivity contribution in [1.29, 1.82) is 0 Å². The lowest BCUT2D eigenvalue weighted by Gasteiger charge is -2.18. The van der Waals surface area contributed by atoms with Gasteiger partial charge in [-0.25, -0.2) is 0 Å². The zero-order valence-corrected chi connectivity index (χ0v) is 9.04. The number of hydrogen-bond acceptors (Lipinski definition) is 1. The molecule has 0 spiro atoms. The highest BCUT2D eigenvalue weighted by atomic mass is 35.5. The molecule has 9 heteroatoms. The largest absolute Gasteiger partial charge is 0.417 e. The van der Waals surface area contributed by atoms with Crippen LogP contribution in [-0.2, 0) is 12.4 Å². The molecule has 0 heterocycles. The average Bonchev–Trinajstić information content (AvgIpc) is 2.12. The molecule has 1 aromatic rings. The van der Waals surface area contributed by atoms with Crippen molar-refractivity contribution in [2.45, 2.75) is 12.4 Å². The second kappa shape index (κ2) is 4.34. The zero-order chi connectivity index (χ0) is 14.3. The van der Waals surface area contributed by atoms with Crippen LogP contribution >= 0.6 is 11.6 Å². The SMILES string of the molecule is NC(=O)c1cc(Cl)cc(C(F)(F)F)c1C(F)(F)F. The Balaban J connectivity index is 3.76. The van der Waals surface area contributed by atoms with Gasteiger partial charge in [-0.1, -0.05) is 11.6 Å². The minimum Gasteiger partial charge on any atom is -0.366 e. The lowest BCUT2D eigenvalue weighted by Crippen LogP contribution is -2.24. The minimum absolute atomic E-state index is 0.0941. The third-order valence-electron chi connectivity index (χ3n) is 1.96. The van der Waals surface area contributed by atoms with Crippen LogP contribution in [0.25, 0.3) is 0 Å². The van der Waals surface area contributed by atoms with Crippen molar-refractivity contribution >= 4 is 17.5 Å². The summed E-state index contributed by atoms with van der Waals surface area (Å²) in [4.78, 5) is 10.8. The second-order valence-corrected chi connectivity index (χ2v) is 3.67. The molecule has 0 bridgehead atoms. The molecule has 1 aromatic carbocycles. The first-order valence-corrected chi connectivity index (χ1v) is 4.60. The Morgan fingerprint density at radius 3 is 1.89 bits per heavy atom. The Hall–Kier alpha value is -1.44. The lowest BCUT2D eigenvalue weighted by molar-refractivity contribution is -0.162. The van der Waals surface area contributed by atoms with E-state index in [0.717, 1.165) is 0 Å². The van der Waals surface area contributed by atoms with Gasteiger partial charge < -0.3 is 5.73 Å². The number of alkyl halides is 6. The summed E-state index contributed by atoms with van der Waals surface area (Å²) in [7, 11) is 0. The fraction of sp³-hybridized carbons (Fsp3) is 0.222. The van der Waals surface area contributed by atoms with E-state index in [1.165, 1.54) is 0 Å². The Kier molecular flexibility index (Phi) is 3.53. The standard InChI is InChI=1S/C9H4ClF6NO/c10-3-1-4(7(17)18)6(9(14,15)16)5(2-3)8(11,12)13/h1-2H,(H2,17,18). The monoisotopic (exact) mass is 291 g/mol. The Morgan fingerprint density at radius 1 is 1.06 bits per heavy atom. The minimum atomic E-state index is -5.38. The van der Waals surface area contributed by atoms with Crippen molar-refractivity contribution in [2.24, 2.45) is 5.73 Å². The molecule has 1 rings (SSSR count). The van der Waals surface area contributed by atoms with Gasteiger partial charge in [-0.2, -0.15) is 26.3 Å². The molecule has 0 aromatic heterocycles. The van der Waals surface area contributed by atoms with Gasteiger partial charge in [0.05, 0.1) is 16.7 Å². The molecular formula is C9H4ClF6NO. The number of benzene rings is 1. The number of rotatable bonds is 1. The number of primary amides is 1. The highest BCUT2D eigenvalue weighted by Crippen LogP contribution is 2.43. The summed E-state index contributed by atoms with van der Waals surface area (Å²) in [5.74, 6) is -1.64. The van der Waals surface area contributed by atoms with Gasteiger partial charge in [-0.05, 0) is 12.1 Å². The van der Waals surface area contributed by atoms with Gasteiger partial charge in [0.15, 0.2) is 0 Å². The van der Waals surface area contributed by atoms with E-state index in [2.05, 4.69) is 5.73 Å². The predicted octanol–water partition coefficient (Wildman–Crippen LogP) is 3.48. The van der Waals surface area contributed by atoms with Crippen LogP contribution < -0.4 is 5.73 Å². The molecule has 0 aliphatic rings. The molecule has 0 saturated carbocycles. The molecular weight excluding hydrogens is 288 g/mol. The molecule has 18 heavy (non-hydrogen) atoms. The zero-order valence-electron chi connectivity index (χ0n) is 8.29. The molecule has 0 aliphatic heterocycles. The summed E-state index contributed by atoms with van der Waals surface area (Å²) in [6, 6.07) is 0.540. The predicted molar refractivity (Wildman–Crippen MR) is 50.0 cm³/mol. The van der Waals surface area contributed by atoms with Crippen LogP contribution in [0.3, 0.4) is 0 Å². The van der Waals surface area contributed by atoms with E-state index in [4.69, 9.17) is 11.6 Å². The van der Waals surface area contributed by atoms with Gasteiger partial charge in [0.2, 0.25) is 5.91 Å². The van der Waals surface area contributed by atoms with E-state index in [-0.39, 0.29) is 6.07 Å². The summed E-state index contributed by atoms with van der Waals surface area (Å²) < 4.78 is 75.2. The molecule has 0 saturated heterocycles. The van der Waals surface area contributed by atoms with Crippen molar-refractivity contribution in [3.05, 3.63) is 33.8 Å². The number of amides is 1. The van der Waals surface area contributed by atoms with Gasteiger partial charge in [-0.3, -0.25) is 4.79 Å². The third kappa shape index (κ3) is 2.87. The highest BCUT2D eigenvalue weighted by Gasteiger charge is 2.45. The van der Waals surface area contributed by atoms with Crippen molar-refractivity contribution in [1.82, 2.24) is 0 Å². The quantitative estimate of drug-likeness (QED) is 0.791. The summed E-state index contributed by atoms with van der Waals surface area (Å²) >= 11 is 5.25. The fourth-order valence-electron chi connectivity index (χ4n) is 1.33. The van der Waals surface area contributed by atoms with Gasteiger partial charge >= 0.3 is 12.4 Å². The van der Waals surface area contributed by atoms with Crippen LogP contribution in [0.5, 0.6) is 0 Å². The van der Waals surface area contributed by atoms with Crippen LogP contribution in [-0.4, -0.2) is 5.91 Å². The molecule has 0 aliphatic carbocycles. The molecule has 0 atom stereocenters. The lowest BCUT2D eigenvalue weighted by atomic mass is 9.99. The summed E-state index contributed by atoms with van der Waals surface area (Å²) in [6.07, 6.45) is -10.7. The molecule has 100 valence electrons. The summed E-state index contributed by atoms with van der Waals surface area (Å²) in [5, 5.41) is -0.663. The molecule has 2 N–H and O–H groups in total. The maximum absolute atomic E-state index is 12.6. The molecule has 0 fully saturated rings. The molecule has 0 unspecified atom stereocenters. The Morgan fingerprint density at radius 2 is 1.56 bits per heavy atom. The first-order valence-electron chi connectivity index (χ1n) is 4.22. The average molecular weight is 292 g/mol. The first-order chi connectivity index (χ1) is 7.94. The van der Waals surface area contributed by atoms with E-state index in [9.17, 15) is 31.1 Å². The molecule has 0 radical (unpaired) electrons. The van der Waals surface area contributed by atoms with Crippen molar-refractivity contribution in [2.75, 3.05) is 0 Å². The van der Waals surface area contributed by atoms with Gasteiger partial charge in [-0.15, -0.1) is 0 Å². The van der Waals surface area contributed by atoms with Crippen LogP contribution in [0, 0.1) is 0 Å². The Labute approximate surface area is 101 Å². The number of halogens is 7. The van der Waals surface area contributed by atoms with E-state index < -0.39 is 40.0 Å². The van der Waals surface area contributed by atoms with Crippen LogP contribution in [0.2, 0.25) is 5.02 Å². The highest BCUT2D eigenvalue weighted by molar-refractivity contribution is 6.31. The van der Waals surface area contributed by atoms with Crippen LogP contribution in [0.15, 0.2) is 12.1 Å². The smallest absolute Gasteiger partial charge is 0.366 e. The van der Waals surface area contributed by atoms with E-state index >= 15 is 0 Å². The van der Waals surface area contributed by atoms with Crippen molar-refractivity contribution < 1.29 is 31.1 Å². The summed E-state index contributed by atoms with van der Waals surface area (Å²) in [5.41, 5.74) is -0.867. The Bertz CT molecular complexity index is 493. The van der Waals surface area contributed by atoms with E-state index in [0.29, 0.717) is 6.07 Å². The number of carbonyl (C=O) groups excluding carboxylic acids is 1. The van der Waals surface area contributed by atoms with Crippen molar-refractivity contribution in [3.8, 4) is 0 Å². The van der Waals surface area contributed by atoms with E-state index in [1.54, 1.807) is 0 Å². The molecule has 2 nitrogen and oxygen atoms in total. The molecule has 1 amide bonds. The van der Waals surface area contributed by atoms with Gasteiger partial charge in [0.25, 0.3) is 0 Å². The normalized spacial score (nSPS) is 12.6. The van der Waals surface area contributed by atoms with E-state index in [1.807, 2.05) is 0 Å². The fourth-order valence-corrected chi connectivity index (χ4v) is 1.55. The number of carbonyl (C=O) groups is 1. The topological polar surface area (TPSA) is 43.1 Å². The number of nitrogens with two attached hydrogens (primary N) is 1. The van der Waals surface area contributed by atoms with Crippen LogP contribution in [0.4, 0.5) is 26.3 Å². The first kappa shape index (κ1) is 14.6. The van der Waals surface area contributed by atoms with Gasteiger partial charge in [0, 0.05) is 5.02 Å². The van der Waals surface area contributed by atoms with Crippen LogP contribution in [0.1, 0.15) is 21.5 Å². The summed E-state index contributed by atoms with van der Waals surface area (Å²) in [6.45, 7) is 0. The number of hydrogen-bond donors (Lipinski definition) is 1. The maximum atomic E-state index is 12.6.